The van der Waals surface area contributed by atoms with Gasteiger partial charge in [0.25, 0.3) is 0 Å². The van der Waals surface area contributed by atoms with Crippen molar-refractivity contribution in [2.24, 2.45) is 0 Å². The summed E-state index contributed by atoms with van der Waals surface area (Å²) in [5, 5.41) is -0.238. The highest BCUT2D eigenvalue weighted by molar-refractivity contribution is 6.37. The van der Waals surface area contributed by atoms with Gasteiger partial charge < -0.3 is 4.98 Å². The summed E-state index contributed by atoms with van der Waals surface area (Å²) < 4.78 is 62.5. The van der Waals surface area contributed by atoms with E-state index in [4.69, 9.17) is 11.6 Å². The second-order valence-electron chi connectivity index (χ2n) is 3.77. The highest BCUT2D eigenvalue weighted by atomic mass is 35.5. The Hall–Kier alpha value is -1.63. The molecule has 0 aliphatic carbocycles. The van der Waals surface area contributed by atoms with E-state index in [1.807, 2.05) is 0 Å². The van der Waals surface area contributed by atoms with Crippen molar-refractivity contribution in [3.05, 3.63) is 35.0 Å². The molecular weight excluding hydrogens is 293 g/mol. The summed E-state index contributed by atoms with van der Waals surface area (Å²) in [6, 6.07) is 4.17. The Morgan fingerprint density at radius 1 is 1.16 bits per heavy atom. The molecule has 0 aliphatic heterocycles. The van der Waals surface area contributed by atoms with E-state index in [-0.39, 0.29) is 15.9 Å². The average molecular weight is 298 g/mol. The first-order valence-corrected chi connectivity index (χ1v) is 5.29. The van der Waals surface area contributed by atoms with Crippen LogP contribution in [-0.2, 0) is 0 Å². The largest absolute Gasteiger partial charge is 0.461 e. The summed E-state index contributed by atoms with van der Waals surface area (Å²) in [6.45, 7) is 0. The standard InChI is InChI=1S/C11H5ClF5NO/c12-6-2-1-3-7-8(6)5(4-18-7)9(19)10(13,14)11(15,16)17/h1-4,18H. The molecule has 1 heterocycles. The van der Waals surface area contributed by atoms with Crippen LogP contribution in [0.2, 0.25) is 5.02 Å². The number of alkyl halides is 5. The molecule has 19 heavy (non-hydrogen) atoms. The van der Waals surface area contributed by atoms with Crippen molar-refractivity contribution in [1.82, 2.24) is 4.98 Å². The number of fused-ring (bicyclic) bond motifs is 1. The Bertz CT molecular complexity index is 646. The van der Waals surface area contributed by atoms with Gasteiger partial charge in [0.2, 0.25) is 5.78 Å². The minimum absolute atomic E-state index is 0.0833. The van der Waals surface area contributed by atoms with Crippen molar-refractivity contribution in [3.63, 3.8) is 0 Å². The molecule has 0 fully saturated rings. The highest BCUT2D eigenvalue weighted by Gasteiger charge is 2.63. The van der Waals surface area contributed by atoms with Gasteiger partial charge in [0, 0.05) is 17.1 Å². The SMILES string of the molecule is O=C(c1c[nH]c2cccc(Cl)c12)C(F)(F)C(F)(F)F. The zero-order valence-electron chi connectivity index (χ0n) is 8.99. The molecule has 0 aliphatic rings. The Balaban J connectivity index is 2.61. The lowest BCUT2D eigenvalue weighted by atomic mass is 10.0. The van der Waals surface area contributed by atoms with Crippen molar-refractivity contribution in [2.45, 2.75) is 12.1 Å². The lowest BCUT2D eigenvalue weighted by molar-refractivity contribution is -0.255. The van der Waals surface area contributed by atoms with Gasteiger partial charge in [-0.3, -0.25) is 4.79 Å². The predicted octanol–water partition coefficient (Wildman–Crippen LogP) is 4.20. The molecule has 0 bridgehead atoms. The van der Waals surface area contributed by atoms with E-state index < -0.39 is 23.4 Å². The number of aromatic nitrogens is 1. The summed E-state index contributed by atoms with van der Waals surface area (Å²) in [4.78, 5) is 13.8. The van der Waals surface area contributed by atoms with Gasteiger partial charge in [0.05, 0.1) is 10.6 Å². The molecule has 102 valence electrons. The maximum absolute atomic E-state index is 13.0. The number of Topliss-reactive ketones (excluding diaryl/α,β-unsaturated/α-hetero) is 1. The Labute approximate surface area is 108 Å². The second kappa shape index (κ2) is 4.19. The van der Waals surface area contributed by atoms with Crippen LogP contribution in [0.3, 0.4) is 0 Å². The molecule has 0 atom stereocenters. The van der Waals surface area contributed by atoms with Crippen LogP contribution in [0.25, 0.3) is 10.9 Å². The number of hydrogen-bond donors (Lipinski definition) is 1. The van der Waals surface area contributed by atoms with E-state index >= 15 is 0 Å². The lowest BCUT2D eigenvalue weighted by Crippen LogP contribution is -2.44. The van der Waals surface area contributed by atoms with E-state index in [2.05, 4.69) is 4.98 Å². The molecule has 0 spiro atoms. The number of carbonyl (C=O) groups excluding carboxylic acids is 1. The molecule has 2 nitrogen and oxygen atoms in total. The van der Waals surface area contributed by atoms with Gasteiger partial charge >= 0.3 is 12.1 Å². The van der Waals surface area contributed by atoms with Gasteiger partial charge in [0.15, 0.2) is 0 Å². The number of nitrogens with one attached hydrogen (secondary N) is 1. The third-order valence-corrected chi connectivity index (χ3v) is 2.86. The summed E-state index contributed by atoms with van der Waals surface area (Å²) in [5.74, 6) is -7.79. The topological polar surface area (TPSA) is 32.9 Å². The second-order valence-corrected chi connectivity index (χ2v) is 4.17. The van der Waals surface area contributed by atoms with Crippen LogP contribution in [0.15, 0.2) is 24.4 Å². The molecular formula is C11H5ClF5NO. The Morgan fingerprint density at radius 3 is 2.37 bits per heavy atom. The van der Waals surface area contributed by atoms with Crippen LogP contribution >= 0.6 is 11.6 Å². The predicted molar refractivity (Wildman–Crippen MR) is 58.6 cm³/mol. The van der Waals surface area contributed by atoms with Crippen LogP contribution in [0, 0.1) is 0 Å². The minimum Gasteiger partial charge on any atom is -0.360 e. The first kappa shape index (κ1) is 13.8. The number of rotatable bonds is 2. The third kappa shape index (κ3) is 2.07. The van der Waals surface area contributed by atoms with Gasteiger partial charge in [-0.05, 0) is 12.1 Å². The average Bonchev–Trinajstić information content (AvgIpc) is 2.71. The molecule has 0 unspecified atom stereocenters. The fourth-order valence-electron chi connectivity index (χ4n) is 1.62. The molecule has 1 aromatic carbocycles. The van der Waals surface area contributed by atoms with Crippen LogP contribution in [0.5, 0.6) is 0 Å². The zero-order valence-corrected chi connectivity index (χ0v) is 9.74. The van der Waals surface area contributed by atoms with Crippen molar-refractivity contribution in [3.8, 4) is 0 Å². The smallest absolute Gasteiger partial charge is 0.360 e. The monoisotopic (exact) mass is 297 g/mol. The quantitative estimate of drug-likeness (QED) is 0.654. The Morgan fingerprint density at radius 2 is 1.79 bits per heavy atom. The summed E-state index contributed by atoms with van der Waals surface area (Å²) in [6.07, 6.45) is -5.16. The normalized spacial score (nSPS) is 12.9. The minimum atomic E-state index is -5.95. The molecule has 0 amide bonds. The molecule has 0 saturated heterocycles. The lowest BCUT2D eigenvalue weighted by Gasteiger charge is -2.17. The van der Waals surface area contributed by atoms with E-state index in [0.717, 1.165) is 6.20 Å². The van der Waals surface area contributed by atoms with Gasteiger partial charge in [0.1, 0.15) is 0 Å². The molecule has 0 saturated carbocycles. The fraction of sp³-hybridized carbons (Fsp3) is 0.182. The van der Waals surface area contributed by atoms with Crippen molar-refractivity contribution >= 4 is 28.3 Å². The third-order valence-electron chi connectivity index (χ3n) is 2.54. The van der Waals surface area contributed by atoms with Crippen molar-refractivity contribution in [1.29, 1.82) is 0 Å². The number of ketones is 1. The van der Waals surface area contributed by atoms with Crippen LogP contribution in [-0.4, -0.2) is 22.9 Å². The van der Waals surface area contributed by atoms with Crippen LogP contribution in [0.4, 0.5) is 22.0 Å². The van der Waals surface area contributed by atoms with Crippen molar-refractivity contribution in [2.75, 3.05) is 0 Å². The Kier molecular flexibility index (Phi) is 3.04. The molecule has 1 aromatic heterocycles. The molecule has 0 radical (unpaired) electrons. The summed E-state index contributed by atoms with van der Waals surface area (Å²) in [7, 11) is 0. The maximum atomic E-state index is 13.0. The number of carbonyl (C=O) groups is 1. The number of halogens is 6. The number of benzene rings is 1. The van der Waals surface area contributed by atoms with Gasteiger partial charge in [-0.15, -0.1) is 0 Å². The van der Waals surface area contributed by atoms with Gasteiger partial charge in [-0.1, -0.05) is 17.7 Å². The molecule has 2 aromatic rings. The fourth-order valence-corrected chi connectivity index (χ4v) is 1.89. The molecule has 8 heteroatoms. The van der Waals surface area contributed by atoms with E-state index in [0.29, 0.717) is 0 Å². The van der Waals surface area contributed by atoms with Crippen molar-refractivity contribution < 1.29 is 26.7 Å². The number of hydrogen-bond acceptors (Lipinski definition) is 1. The first-order chi connectivity index (χ1) is 8.66. The zero-order chi connectivity index (χ0) is 14.4. The first-order valence-electron chi connectivity index (χ1n) is 4.91. The number of aromatic amines is 1. The molecule has 1 N–H and O–H groups in total. The number of H-pyrrole nitrogens is 1. The van der Waals surface area contributed by atoms with E-state index in [1.54, 1.807) is 0 Å². The van der Waals surface area contributed by atoms with E-state index in [9.17, 15) is 26.7 Å². The van der Waals surface area contributed by atoms with Gasteiger partial charge in [-0.25, -0.2) is 0 Å². The van der Waals surface area contributed by atoms with Crippen LogP contribution < -0.4 is 0 Å². The highest BCUT2D eigenvalue weighted by Crippen LogP contribution is 2.40. The van der Waals surface area contributed by atoms with E-state index in [1.165, 1.54) is 18.2 Å². The van der Waals surface area contributed by atoms with Gasteiger partial charge in [-0.2, -0.15) is 22.0 Å². The molecule has 2 rings (SSSR count). The van der Waals surface area contributed by atoms with Crippen LogP contribution in [0.1, 0.15) is 10.4 Å². The summed E-state index contributed by atoms with van der Waals surface area (Å²) in [5.41, 5.74) is -0.586. The maximum Gasteiger partial charge on any atom is 0.461 e. The summed E-state index contributed by atoms with van der Waals surface area (Å²) >= 11 is 5.71.